The SMILES string of the molecule is CCC(C)C(=O)Nc1cc(C(=O)Nc2ccccc2C(=O)O)ccc1Cl. The Morgan fingerprint density at radius 1 is 1.08 bits per heavy atom. The number of benzene rings is 2. The Morgan fingerprint density at radius 2 is 1.77 bits per heavy atom. The predicted molar refractivity (Wildman–Crippen MR) is 101 cm³/mol. The quantitative estimate of drug-likeness (QED) is 0.703. The third-order valence-electron chi connectivity index (χ3n) is 3.95. The largest absolute Gasteiger partial charge is 0.478 e. The monoisotopic (exact) mass is 374 g/mol. The molecule has 1 unspecified atom stereocenters. The molecule has 7 heteroatoms. The molecule has 0 saturated carbocycles. The summed E-state index contributed by atoms with van der Waals surface area (Å²) < 4.78 is 0. The number of nitrogens with one attached hydrogen (secondary N) is 2. The van der Waals surface area contributed by atoms with Gasteiger partial charge in [-0.1, -0.05) is 37.6 Å². The summed E-state index contributed by atoms with van der Waals surface area (Å²) >= 11 is 6.10. The highest BCUT2D eigenvalue weighted by molar-refractivity contribution is 6.34. The molecule has 1 atom stereocenters. The Hall–Kier alpha value is -2.86. The molecule has 0 aliphatic heterocycles. The average Bonchev–Trinajstić information content (AvgIpc) is 2.62. The molecule has 0 aliphatic rings. The zero-order valence-electron chi connectivity index (χ0n) is 14.4. The van der Waals surface area contributed by atoms with E-state index in [1.165, 1.54) is 30.3 Å². The molecule has 2 amide bonds. The van der Waals surface area contributed by atoms with Crippen molar-refractivity contribution in [1.82, 2.24) is 0 Å². The number of carbonyl (C=O) groups excluding carboxylic acids is 2. The number of hydrogen-bond donors (Lipinski definition) is 3. The van der Waals surface area contributed by atoms with Crippen molar-refractivity contribution in [2.45, 2.75) is 20.3 Å². The van der Waals surface area contributed by atoms with Gasteiger partial charge in [0.2, 0.25) is 5.91 Å². The molecule has 2 aromatic rings. The van der Waals surface area contributed by atoms with E-state index < -0.39 is 11.9 Å². The fraction of sp³-hybridized carbons (Fsp3) is 0.211. The number of hydrogen-bond acceptors (Lipinski definition) is 3. The zero-order chi connectivity index (χ0) is 19.3. The number of halogens is 1. The maximum Gasteiger partial charge on any atom is 0.337 e. The molecule has 0 spiro atoms. The normalized spacial score (nSPS) is 11.5. The Labute approximate surface area is 156 Å². The van der Waals surface area contributed by atoms with Crippen molar-refractivity contribution < 1.29 is 19.5 Å². The summed E-state index contributed by atoms with van der Waals surface area (Å²) in [5.74, 6) is -2.03. The first-order valence-corrected chi connectivity index (χ1v) is 8.45. The van der Waals surface area contributed by atoms with Crippen LogP contribution in [0.15, 0.2) is 42.5 Å². The summed E-state index contributed by atoms with van der Waals surface area (Å²) in [6.45, 7) is 3.69. The third kappa shape index (κ3) is 4.61. The molecule has 136 valence electrons. The van der Waals surface area contributed by atoms with E-state index in [0.29, 0.717) is 17.1 Å². The molecule has 0 radical (unpaired) electrons. The molecule has 6 nitrogen and oxygen atoms in total. The predicted octanol–water partition coefficient (Wildman–Crippen LogP) is 4.28. The Kier molecular flexibility index (Phi) is 6.36. The van der Waals surface area contributed by atoms with Crippen molar-refractivity contribution in [3.05, 3.63) is 58.6 Å². The van der Waals surface area contributed by atoms with Gasteiger partial charge in [0.05, 0.1) is 22.0 Å². The second-order valence-electron chi connectivity index (χ2n) is 5.80. The van der Waals surface area contributed by atoms with Crippen LogP contribution in [0.2, 0.25) is 5.02 Å². The van der Waals surface area contributed by atoms with E-state index in [2.05, 4.69) is 10.6 Å². The smallest absolute Gasteiger partial charge is 0.337 e. The lowest BCUT2D eigenvalue weighted by Crippen LogP contribution is -2.20. The molecule has 0 heterocycles. The summed E-state index contributed by atoms with van der Waals surface area (Å²) in [7, 11) is 0. The molecule has 2 rings (SSSR count). The number of rotatable bonds is 6. The van der Waals surface area contributed by atoms with Crippen molar-refractivity contribution in [1.29, 1.82) is 0 Å². The van der Waals surface area contributed by atoms with Crippen LogP contribution in [0.3, 0.4) is 0 Å². The van der Waals surface area contributed by atoms with Gasteiger partial charge in [-0.25, -0.2) is 4.79 Å². The Balaban J connectivity index is 2.24. The van der Waals surface area contributed by atoms with Crippen molar-refractivity contribution >= 4 is 40.8 Å². The molecular formula is C19H19ClN2O4. The summed E-state index contributed by atoms with van der Waals surface area (Å²) in [5.41, 5.74) is 0.746. The Bertz CT molecular complexity index is 851. The van der Waals surface area contributed by atoms with Crippen molar-refractivity contribution in [2.75, 3.05) is 10.6 Å². The Morgan fingerprint density at radius 3 is 2.42 bits per heavy atom. The van der Waals surface area contributed by atoms with Gasteiger partial charge < -0.3 is 15.7 Å². The minimum absolute atomic E-state index is 0.0138. The fourth-order valence-corrected chi connectivity index (χ4v) is 2.34. The van der Waals surface area contributed by atoms with Crippen LogP contribution >= 0.6 is 11.6 Å². The van der Waals surface area contributed by atoms with Gasteiger partial charge in [-0.2, -0.15) is 0 Å². The minimum atomic E-state index is -1.14. The lowest BCUT2D eigenvalue weighted by Gasteiger charge is -2.13. The molecule has 0 fully saturated rings. The molecule has 0 aliphatic carbocycles. The highest BCUT2D eigenvalue weighted by atomic mass is 35.5. The molecule has 0 aromatic heterocycles. The van der Waals surface area contributed by atoms with Gasteiger partial charge >= 0.3 is 5.97 Å². The maximum absolute atomic E-state index is 12.5. The van der Waals surface area contributed by atoms with Crippen LogP contribution in [0.4, 0.5) is 11.4 Å². The summed E-state index contributed by atoms with van der Waals surface area (Å²) in [6.07, 6.45) is 0.676. The summed E-state index contributed by atoms with van der Waals surface area (Å²) in [5, 5.41) is 14.8. The first-order valence-electron chi connectivity index (χ1n) is 8.07. The number of amides is 2. The van der Waals surface area contributed by atoms with Crippen molar-refractivity contribution in [3.8, 4) is 0 Å². The molecular weight excluding hydrogens is 356 g/mol. The van der Waals surface area contributed by atoms with Gasteiger partial charge in [0.1, 0.15) is 0 Å². The number of carboxylic acid groups (broad SMARTS) is 1. The van der Waals surface area contributed by atoms with Gasteiger partial charge in [0.15, 0.2) is 0 Å². The van der Waals surface area contributed by atoms with Crippen LogP contribution in [0, 0.1) is 5.92 Å². The highest BCUT2D eigenvalue weighted by Gasteiger charge is 2.16. The number of aromatic carboxylic acids is 1. The topological polar surface area (TPSA) is 95.5 Å². The van der Waals surface area contributed by atoms with Gasteiger partial charge in [0, 0.05) is 11.5 Å². The van der Waals surface area contributed by atoms with Gasteiger partial charge in [-0.3, -0.25) is 9.59 Å². The minimum Gasteiger partial charge on any atom is -0.478 e. The third-order valence-corrected chi connectivity index (χ3v) is 4.28. The van der Waals surface area contributed by atoms with Gasteiger partial charge in [-0.05, 0) is 36.8 Å². The fourth-order valence-electron chi connectivity index (χ4n) is 2.18. The van der Waals surface area contributed by atoms with Crippen LogP contribution in [0.5, 0.6) is 0 Å². The number of carboxylic acids is 1. The second-order valence-corrected chi connectivity index (χ2v) is 6.21. The van der Waals surface area contributed by atoms with E-state index in [1.54, 1.807) is 19.1 Å². The van der Waals surface area contributed by atoms with E-state index >= 15 is 0 Å². The zero-order valence-corrected chi connectivity index (χ0v) is 15.1. The van der Waals surface area contributed by atoms with E-state index in [1.807, 2.05) is 6.92 Å². The maximum atomic E-state index is 12.5. The van der Waals surface area contributed by atoms with E-state index in [0.717, 1.165) is 0 Å². The standard InChI is InChI=1S/C19H19ClN2O4/c1-3-11(2)17(23)22-16-10-12(8-9-14(16)20)18(24)21-15-7-5-4-6-13(15)19(25)26/h4-11H,3H2,1-2H3,(H,21,24)(H,22,23)(H,25,26). The van der Waals surface area contributed by atoms with Crippen LogP contribution in [-0.4, -0.2) is 22.9 Å². The summed E-state index contributed by atoms with van der Waals surface area (Å²) in [6, 6.07) is 10.6. The molecule has 0 saturated heterocycles. The summed E-state index contributed by atoms with van der Waals surface area (Å²) in [4.78, 5) is 35.8. The lowest BCUT2D eigenvalue weighted by atomic mass is 10.1. The number of carbonyl (C=O) groups is 3. The van der Waals surface area contributed by atoms with Crippen molar-refractivity contribution in [3.63, 3.8) is 0 Å². The molecule has 2 aromatic carbocycles. The second kappa shape index (κ2) is 8.49. The number of anilines is 2. The van der Waals surface area contributed by atoms with E-state index in [9.17, 15) is 19.5 Å². The average molecular weight is 375 g/mol. The first kappa shape index (κ1) is 19.5. The molecule has 26 heavy (non-hydrogen) atoms. The highest BCUT2D eigenvalue weighted by Crippen LogP contribution is 2.25. The number of para-hydroxylation sites is 1. The first-order chi connectivity index (χ1) is 12.3. The van der Waals surface area contributed by atoms with Crippen LogP contribution in [-0.2, 0) is 4.79 Å². The van der Waals surface area contributed by atoms with E-state index in [-0.39, 0.29) is 28.6 Å². The van der Waals surface area contributed by atoms with Gasteiger partial charge in [0.25, 0.3) is 5.91 Å². The van der Waals surface area contributed by atoms with Crippen LogP contribution in [0.25, 0.3) is 0 Å². The molecule has 0 bridgehead atoms. The van der Waals surface area contributed by atoms with E-state index in [4.69, 9.17) is 11.6 Å². The lowest BCUT2D eigenvalue weighted by molar-refractivity contribution is -0.119. The van der Waals surface area contributed by atoms with Gasteiger partial charge in [-0.15, -0.1) is 0 Å². The van der Waals surface area contributed by atoms with Crippen molar-refractivity contribution in [2.24, 2.45) is 5.92 Å². The molecule has 3 N–H and O–H groups in total. The van der Waals surface area contributed by atoms with Crippen LogP contribution in [0.1, 0.15) is 41.0 Å². The van der Waals surface area contributed by atoms with Crippen LogP contribution < -0.4 is 10.6 Å².